The molecule has 3 aromatic rings. The van der Waals surface area contributed by atoms with E-state index in [-0.39, 0.29) is 28.6 Å². The van der Waals surface area contributed by atoms with Crippen LogP contribution in [0.1, 0.15) is 39.7 Å². The zero-order valence-corrected chi connectivity index (χ0v) is 25.0. The van der Waals surface area contributed by atoms with Gasteiger partial charge in [0.15, 0.2) is 0 Å². The minimum absolute atomic E-state index is 0.0672. The van der Waals surface area contributed by atoms with Gasteiger partial charge >= 0.3 is 0 Å². The van der Waals surface area contributed by atoms with E-state index in [0.29, 0.717) is 10.6 Å². The van der Waals surface area contributed by atoms with Crippen LogP contribution in [-0.4, -0.2) is 43.3 Å². The van der Waals surface area contributed by atoms with Crippen LogP contribution < -0.4 is 9.62 Å². The van der Waals surface area contributed by atoms with Gasteiger partial charge in [0.25, 0.3) is 10.0 Å². The average Bonchev–Trinajstić information content (AvgIpc) is 2.89. The number of halogens is 3. The summed E-state index contributed by atoms with van der Waals surface area (Å²) in [7, 11) is -4.37. The van der Waals surface area contributed by atoms with E-state index in [0.717, 1.165) is 10.4 Å². The number of amides is 2. The lowest BCUT2D eigenvalue weighted by molar-refractivity contribution is -0.141. The molecule has 214 valence electrons. The Bertz CT molecular complexity index is 1460. The van der Waals surface area contributed by atoms with E-state index in [1.54, 1.807) is 31.2 Å². The van der Waals surface area contributed by atoms with Crippen molar-refractivity contribution in [2.24, 2.45) is 0 Å². The summed E-state index contributed by atoms with van der Waals surface area (Å²) in [6, 6.07) is 16.6. The van der Waals surface area contributed by atoms with Gasteiger partial charge in [-0.1, -0.05) is 66.5 Å². The molecule has 0 aromatic heterocycles. The van der Waals surface area contributed by atoms with Crippen LogP contribution in [0.3, 0.4) is 0 Å². The van der Waals surface area contributed by atoms with E-state index >= 15 is 0 Å². The zero-order chi connectivity index (χ0) is 29.7. The molecule has 0 bridgehead atoms. The molecular formula is C29H32Cl2FN3O4S. The fraction of sp³-hybridized carbons (Fsp3) is 0.310. The highest BCUT2D eigenvalue weighted by Crippen LogP contribution is 2.28. The van der Waals surface area contributed by atoms with Crippen LogP contribution in [0.5, 0.6) is 0 Å². The highest BCUT2D eigenvalue weighted by atomic mass is 35.5. The van der Waals surface area contributed by atoms with Crippen LogP contribution in [0, 0.1) is 5.82 Å². The number of rotatable bonds is 10. The summed E-state index contributed by atoms with van der Waals surface area (Å²) in [5.74, 6) is -1.93. The Morgan fingerprint density at radius 3 is 2.15 bits per heavy atom. The van der Waals surface area contributed by atoms with E-state index in [9.17, 15) is 22.4 Å². The van der Waals surface area contributed by atoms with Crippen LogP contribution in [-0.2, 0) is 26.2 Å². The van der Waals surface area contributed by atoms with Crippen molar-refractivity contribution in [3.8, 4) is 0 Å². The lowest BCUT2D eigenvalue weighted by Gasteiger charge is -2.34. The van der Waals surface area contributed by atoms with Gasteiger partial charge in [0.05, 0.1) is 20.6 Å². The van der Waals surface area contributed by atoms with Crippen molar-refractivity contribution >= 4 is 50.7 Å². The molecule has 0 saturated carbocycles. The third-order valence-electron chi connectivity index (χ3n) is 5.95. The first-order chi connectivity index (χ1) is 18.7. The molecule has 3 rings (SSSR count). The Kier molecular flexibility index (Phi) is 10.2. The molecule has 0 fully saturated rings. The van der Waals surface area contributed by atoms with Gasteiger partial charge in [0.2, 0.25) is 11.8 Å². The summed E-state index contributed by atoms with van der Waals surface area (Å²) in [6.07, 6.45) is 0.236. The molecule has 0 spiro atoms. The maximum absolute atomic E-state index is 15.0. The molecule has 1 N–H and O–H groups in total. The predicted molar refractivity (Wildman–Crippen MR) is 156 cm³/mol. The predicted octanol–water partition coefficient (Wildman–Crippen LogP) is 6.05. The van der Waals surface area contributed by atoms with Crippen LogP contribution in [0.15, 0.2) is 77.7 Å². The standard InChI is InChI=1S/C29H32Cl2FN3O4S/c1-5-25(28(37)33-29(2,3)4)34(18-20-15-16-22(30)23(31)17-20)27(36)19-35(26-14-10-9-13-24(26)32)40(38,39)21-11-7-6-8-12-21/h6-17,25H,5,18-19H2,1-4H3,(H,33,37)/t25-/m1/s1. The summed E-state index contributed by atoms with van der Waals surface area (Å²) in [5.41, 5.74) is -0.298. The van der Waals surface area contributed by atoms with Crippen molar-refractivity contribution in [3.63, 3.8) is 0 Å². The van der Waals surface area contributed by atoms with Gasteiger partial charge in [0.1, 0.15) is 18.4 Å². The molecule has 7 nitrogen and oxygen atoms in total. The summed E-state index contributed by atoms with van der Waals surface area (Å²) < 4.78 is 43.2. The molecule has 0 aliphatic carbocycles. The molecule has 0 unspecified atom stereocenters. The SMILES string of the molecule is CC[C@H](C(=O)NC(C)(C)C)N(Cc1ccc(Cl)c(Cl)c1)C(=O)CN(c1ccccc1F)S(=O)(=O)c1ccccc1. The van der Waals surface area contributed by atoms with E-state index < -0.39 is 45.8 Å². The molecule has 0 aliphatic heterocycles. The van der Waals surface area contributed by atoms with Crippen molar-refractivity contribution in [2.75, 3.05) is 10.8 Å². The fourth-order valence-corrected chi connectivity index (χ4v) is 5.86. The highest BCUT2D eigenvalue weighted by molar-refractivity contribution is 7.92. The second-order valence-electron chi connectivity index (χ2n) is 10.2. The van der Waals surface area contributed by atoms with Gasteiger partial charge in [-0.2, -0.15) is 0 Å². The number of nitrogens with one attached hydrogen (secondary N) is 1. The average molecular weight is 609 g/mol. The summed E-state index contributed by atoms with van der Waals surface area (Å²) in [5, 5.41) is 3.47. The van der Waals surface area contributed by atoms with Crippen LogP contribution in [0.2, 0.25) is 10.0 Å². The number of carbonyl (C=O) groups is 2. The van der Waals surface area contributed by atoms with E-state index in [1.165, 1.54) is 47.4 Å². The molecule has 11 heteroatoms. The van der Waals surface area contributed by atoms with Crippen molar-refractivity contribution < 1.29 is 22.4 Å². The van der Waals surface area contributed by atoms with Crippen LogP contribution in [0.25, 0.3) is 0 Å². The first-order valence-corrected chi connectivity index (χ1v) is 14.8. The second kappa shape index (κ2) is 13.0. The summed E-state index contributed by atoms with van der Waals surface area (Å²) in [4.78, 5) is 28.5. The topological polar surface area (TPSA) is 86.8 Å². The van der Waals surface area contributed by atoms with Crippen molar-refractivity contribution in [3.05, 3.63) is 94.2 Å². The van der Waals surface area contributed by atoms with Gasteiger partial charge in [-0.25, -0.2) is 12.8 Å². The van der Waals surface area contributed by atoms with Gasteiger partial charge in [-0.15, -0.1) is 0 Å². The second-order valence-corrected chi connectivity index (χ2v) is 12.9. The Balaban J connectivity index is 2.09. The van der Waals surface area contributed by atoms with Crippen molar-refractivity contribution in [1.29, 1.82) is 0 Å². The molecule has 40 heavy (non-hydrogen) atoms. The van der Waals surface area contributed by atoms with Crippen molar-refractivity contribution in [2.45, 2.75) is 57.1 Å². The monoisotopic (exact) mass is 607 g/mol. The summed E-state index contributed by atoms with van der Waals surface area (Å²) in [6.45, 7) is 6.37. The number of benzene rings is 3. The third-order valence-corrected chi connectivity index (χ3v) is 8.47. The number of nitrogens with zero attached hydrogens (tertiary/aromatic N) is 2. The quantitative estimate of drug-likeness (QED) is 0.304. The molecule has 2 amide bonds. The van der Waals surface area contributed by atoms with Crippen LogP contribution >= 0.6 is 23.2 Å². The minimum Gasteiger partial charge on any atom is -0.350 e. The Morgan fingerprint density at radius 2 is 1.57 bits per heavy atom. The molecule has 0 saturated heterocycles. The van der Waals surface area contributed by atoms with E-state index in [4.69, 9.17) is 23.2 Å². The maximum Gasteiger partial charge on any atom is 0.264 e. The summed E-state index contributed by atoms with van der Waals surface area (Å²) >= 11 is 12.3. The van der Waals surface area contributed by atoms with E-state index in [1.807, 2.05) is 20.8 Å². The Hall–Kier alpha value is -3.14. The molecular weight excluding hydrogens is 576 g/mol. The van der Waals surface area contributed by atoms with E-state index in [2.05, 4.69) is 5.32 Å². The Labute approximate surface area is 244 Å². The number of sulfonamides is 1. The molecule has 3 aromatic carbocycles. The lowest BCUT2D eigenvalue weighted by atomic mass is 10.1. The minimum atomic E-state index is -4.37. The number of hydrogen-bond acceptors (Lipinski definition) is 4. The normalized spacial score (nSPS) is 12.5. The maximum atomic E-state index is 15.0. The largest absolute Gasteiger partial charge is 0.350 e. The Morgan fingerprint density at radius 1 is 0.950 bits per heavy atom. The van der Waals surface area contributed by atoms with Gasteiger partial charge in [-0.3, -0.25) is 13.9 Å². The first kappa shape index (κ1) is 31.4. The molecule has 1 atom stereocenters. The smallest absolute Gasteiger partial charge is 0.264 e. The molecule has 0 radical (unpaired) electrons. The van der Waals surface area contributed by atoms with Crippen molar-refractivity contribution in [1.82, 2.24) is 10.2 Å². The van der Waals surface area contributed by atoms with Gasteiger partial charge in [0, 0.05) is 12.1 Å². The number of hydrogen-bond donors (Lipinski definition) is 1. The molecule has 0 aliphatic rings. The lowest BCUT2D eigenvalue weighted by Crippen LogP contribution is -2.55. The zero-order valence-electron chi connectivity index (χ0n) is 22.7. The molecule has 0 heterocycles. The first-order valence-electron chi connectivity index (χ1n) is 12.6. The number of para-hydroxylation sites is 1. The highest BCUT2D eigenvalue weighted by Gasteiger charge is 2.35. The number of anilines is 1. The number of carbonyl (C=O) groups excluding carboxylic acids is 2. The fourth-order valence-electron chi connectivity index (χ4n) is 4.09. The van der Waals surface area contributed by atoms with Gasteiger partial charge < -0.3 is 10.2 Å². The van der Waals surface area contributed by atoms with Gasteiger partial charge in [-0.05, 0) is 69.2 Å². The van der Waals surface area contributed by atoms with Crippen LogP contribution in [0.4, 0.5) is 10.1 Å². The third kappa shape index (κ3) is 7.74.